The van der Waals surface area contributed by atoms with Gasteiger partial charge in [-0.05, 0) is 44.4 Å². The minimum absolute atomic E-state index is 0. The van der Waals surface area contributed by atoms with Crippen molar-refractivity contribution in [3.63, 3.8) is 0 Å². The summed E-state index contributed by atoms with van der Waals surface area (Å²) < 4.78 is 5.66. The molecule has 1 fully saturated rings. The first kappa shape index (κ1) is 16.8. The lowest BCUT2D eigenvalue weighted by Gasteiger charge is -2.23. The lowest BCUT2D eigenvalue weighted by Crippen LogP contribution is -2.46. The van der Waals surface area contributed by atoms with Crippen LogP contribution < -0.4 is 10.6 Å². The predicted molar refractivity (Wildman–Crippen MR) is 90.7 cm³/mol. The summed E-state index contributed by atoms with van der Waals surface area (Å²) in [6.07, 6.45) is 4.28. The molecule has 0 spiro atoms. The summed E-state index contributed by atoms with van der Waals surface area (Å²) in [5, 5.41) is 7.46. The fourth-order valence-corrected chi connectivity index (χ4v) is 2.95. The van der Waals surface area contributed by atoms with Gasteiger partial charge in [0.05, 0.1) is 12.7 Å². The Morgan fingerprint density at radius 1 is 1.41 bits per heavy atom. The molecule has 0 aliphatic carbocycles. The lowest BCUT2D eigenvalue weighted by atomic mass is 10.0. The van der Waals surface area contributed by atoms with Gasteiger partial charge in [0.25, 0.3) is 0 Å². The zero-order chi connectivity index (χ0) is 14.8. The SMILES string of the molecule is Cc1ccc2c(CC(=O)NC3CCCNC3)coc2c1C.Cl. The van der Waals surface area contributed by atoms with Gasteiger partial charge in [0, 0.05) is 23.5 Å². The third-order valence-corrected chi connectivity index (χ3v) is 4.35. The standard InChI is InChI=1S/C17H22N2O2.ClH/c1-11-5-6-15-13(10-21-17(15)12(11)2)8-16(20)19-14-4-3-7-18-9-14;/h5-6,10,14,18H,3-4,7-9H2,1-2H3,(H,19,20);1H. The van der Waals surface area contributed by atoms with Crippen molar-refractivity contribution in [2.24, 2.45) is 0 Å². The van der Waals surface area contributed by atoms with E-state index in [0.717, 1.165) is 48.0 Å². The van der Waals surface area contributed by atoms with Gasteiger partial charge in [-0.15, -0.1) is 12.4 Å². The van der Waals surface area contributed by atoms with Crippen LogP contribution in [0.5, 0.6) is 0 Å². The molecule has 4 nitrogen and oxygen atoms in total. The average Bonchev–Trinajstić information content (AvgIpc) is 2.87. The molecule has 1 aromatic heterocycles. The van der Waals surface area contributed by atoms with Gasteiger partial charge < -0.3 is 15.1 Å². The molecular formula is C17H23ClN2O2. The highest BCUT2D eigenvalue weighted by atomic mass is 35.5. The summed E-state index contributed by atoms with van der Waals surface area (Å²) in [6, 6.07) is 4.39. The Morgan fingerprint density at radius 3 is 2.95 bits per heavy atom. The molecule has 0 bridgehead atoms. The first-order chi connectivity index (χ1) is 10.1. The van der Waals surface area contributed by atoms with Crippen molar-refractivity contribution in [3.05, 3.63) is 35.1 Å². The number of piperidine rings is 1. The maximum atomic E-state index is 12.2. The number of nitrogens with one attached hydrogen (secondary N) is 2. The highest BCUT2D eigenvalue weighted by Gasteiger charge is 2.17. The number of carbonyl (C=O) groups excluding carboxylic acids is 1. The van der Waals surface area contributed by atoms with Crippen LogP contribution in [0.1, 0.15) is 29.5 Å². The number of carbonyl (C=O) groups is 1. The van der Waals surface area contributed by atoms with Gasteiger partial charge in [-0.25, -0.2) is 0 Å². The van der Waals surface area contributed by atoms with Crippen molar-refractivity contribution in [3.8, 4) is 0 Å². The van der Waals surface area contributed by atoms with Gasteiger partial charge >= 0.3 is 0 Å². The number of fused-ring (bicyclic) bond motifs is 1. The van der Waals surface area contributed by atoms with Crippen LogP contribution in [-0.2, 0) is 11.2 Å². The summed E-state index contributed by atoms with van der Waals surface area (Å²) in [5.41, 5.74) is 4.23. The zero-order valence-corrected chi connectivity index (χ0v) is 13.9. The third-order valence-electron chi connectivity index (χ3n) is 4.35. The summed E-state index contributed by atoms with van der Waals surface area (Å²) in [4.78, 5) is 12.2. The third kappa shape index (κ3) is 3.45. The van der Waals surface area contributed by atoms with Crippen molar-refractivity contribution >= 4 is 29.3 Å². The first-order valence-electron chi connectivity index (χ1n) is 7.61. The topological polar surface area (TPSA) is 54.3 Å². The Hall–Kier alpha value is -1.52. The molecule has 1 atom stereocenters. The maximum absolute atomic E-state index is 12.2. The molecule has 0 saturated carbocycles. The summed E-state index contributed by atoms with van der Waals surface area (Å²) in [6.45, 7) is 6.05. The minimum Gasteiger partial charge on any atom is -0.464 e. The van der Waals surface area contributed by atoms with E-state index in [1.54, 1.807) is 6.26 Å². The predicted octanol–water partition coefficient (Wildman–Crippen LogP) is 2.88. The highest BCUT2D eigenvalue weighted by molar-refractivity contribution is 5.89. The number of hydrogen-bond acceptors (Lipinski definition) is 3. The molecule has 2 heterocycles. The van der Waals surface area contributed by atoms with Crippen LogP contribution in [-0.4, -0.2) is 25.0 Å². The molecule has 1 unspecified atom stereocenters. The van der Waals surface area contributed by atoms with Crippen LogP contribution in [0.4, 0.5) is 0 Å². The van der Waals surface area contributed by atoms with E-state index in [0.29, 0.717) is 6.42 Å². The van der Waals surface area contributed by atoms with Crippen LogP contribution in [0.25, 0.3) is 11.0 Å². The molecule has 120 valence electrons. The van der Waals surface area contributed by atoms with Crippen molar-refractivity contribution in [2.75, 3.05) is 13.1 Å². The Balaban J connectivity index is 0.00000176. The minimum atomic E-state index is 0. The molecule has 2 N–H and O–H groups in total. The quantitative estimate of drug-likeness (QED) is 0.913. The van der Waals surface area contributed by atoms with Crippen molar-refractivity contribution in [1.29, 1.82) is 0 Å². The van der Waals surface area contributed by atoms with E-state index in [1.165, 1.54) is 5.56 Å². The van der Waals surface area contributed by atoms with Gasteiger partial charge in [-0.3, -0.25) is 4.79 Å². The Bertz CT molecular complexity index is 660. The van der Waals surface area contributed by atoms with Crippen LogP contribution in [0.15, 0.2) is 22.8 Å². The molecule has 2 aromatic rings. The van der Waals surface area contributed by atoms with Crippen LogP contribution in [0.2, 0.25) is 0 Å². The smallest absolute Gasteiger partial charge is 0.224 e. The normalized spacial score (nSPS) is 18.0. The van der Waals surface area contributed by atoms with E-state index in [-0.39, 0.29) is 24.4 Å². The van der Waals surface area contributed by atoms with Crippen molar-refractivity contribution < 1.29 is 9.21 Å². The van der Waals surface area contributed by atoms with E-state index in [9.17, 15) is 4.79 Å². The van der Waals surface area contributed by atoms with Crippen LogP contribution >= 0.6 is 12.4 Å². The molecule has 5 heteroatoms. The van der Waals surface area contributed by atoms with E-state index in [2.05, 4.69) is 30.5 Å². The van der Waals surface area contributed by atoms with E-state index >= 15 is 0 Å². The Kier molecular flexibility index (Phi) is 5.48. The van der Waals surface area contributed by atoms with Crippen LogP contribution in [0.3, 0.4) is 0 Å². The Morgan fingerprint density at radius 2 is 2.23 bits per heavy atom. The molecule has 1 aliphatic heterocycles. The molecule has 3 rings (SSSR count). The Labute approximate surface area is 137 Å². The molecular weight excluding hydrogens is 300 g/mol. The van der Waals surface area contributed by atoms with Gasteiger partial charge in [-0.2, -0.15) is 0 Å². The largest absolute Gasteiger partial charge is 0.464 e. The van der Waals surface area contributed by atoms with Gasteiger partial charge in [0.2, 0.25) is 5.91 Å². The van der Waals surface area contributed by atoms with E-state index < -0.39 is 0 Å². The van der Waals surface area contributed by atoms with Crippen molar-refractivity contribution in [1.82, 2.24) is 10.6 Å². The molecule has 0 radical (unpaired) electrons. The fraction of sp³-hybridized carbons (Fsp3) is 0.471. The number of rotatable bonds is 3. The second-order valence-corrected chi connectivity index (χ2v) is 5.93. The maximum Gasteiger partial charge on any atom is 0.224 e. The summed E-state index contributed by atoms with van der Waals surface area (Å²) >= 11 is 0. The number of hydrogen-bond donors (Lipinski definition) is 2. The fourth-order valence-electron chi connectivity index (χ4n) is 2.95. The highest BCUT2D eigenvalue weighted by Crippen LogP contribution is 2.26. The second kappa shape index (κ2) is 7.16. The van der Waals surface area contributed by atoms with Gasteiger partial charge in [0.1, 0.15) is 5.58 Å². The number of furan rings is 1. The number of aryl methyl sites for hydroxylation is 2. The molecule has 22 heavy (non-hydrogen) atoms. The second-order valence-electron chi connectivity index (χ2n) is 5.93. The molecule has 1 aliphatic rings. The number of halogens is 1. The molecule has 1 amide bonds. The zero-order valence-electron chi connectivity index (χ0n) is 13.1. The molecule has 1 saturated heterocycles. The molecule has 1 aromatic carbocycles. The summed E-state index contributed by atoms with van der Waals surface area (Å²) in [5.74, 6) is 0.0737. The first-order valence-corrected chi connectivity index (χ1v) is 7.61. The number of amides is 1. The van der Waals surface area contributed by atoms with Gasteiger partial charge in [-0.1, -0.05) is 12.1 Å². The van der Waals surface area contributed by atoms with E-state index in [1.807, 2.05) is 6.07 Å². The summed E-state index contributed by atoms with van der Waals surface area (Å²) in [7, 11) is 0. The number of benzene rings is 1. The van der Waals surface area contributed by atoms with Gasteiger partial charge in [0.15, 0.2) is 0 Å². The van der Waals surface area contributed by atoms with Crippen LogP contribution in [0, 0.1) is 13.8 Å². The lowest BCUT2D eigenvalue weighted by molar-refractivity contribution is -0.121. The van der Waals surface area contributed by atoms with Crippen molar-refractivity contribution in [2.45, 2.75) is 39.2 Å². The van der Waals surface area contributed by atoms with E-state index in [4.69, 9.17) is 4.42 Å². The average molecular weight is 323 g/mol. The monoisotopic (exact) mass is 322 g/mol.